The average Bonchev–Trinajstić information content (AvgIpc) is 3.19. The molecule has 1 unspecified atom stereocenters. The second-order valence-electron chi connectivity index (χ2n) is 7.00. The van der Waals surface area contributed by atoms with E-state index in [1.54, 1.807) is 6.92 Å². The normalized spacial score (nSPS) is 16.3. The smallest absolute Gasteiger partial charge is 0.253 e. The largest absolute Gasteiger partial charge is 0.465 e. The van der Waals surface area contributed by atoms with Crippen molar-refractivity contribution >= 4 is 11.7 Å². The molecule has 0 aromatic carbocycles. The Morgan fingerprint density at radius 1 is 1.22 bits per heavy atom. The molecular weight excluding hydrogens is 346 g/mol. The Morgan fingerprint density at radius 2 is 1.93 bits per heavy atom. The van der Waals surface area contributed by atoms with Gasteiger partial charge in [-0.2, -0.15) is 0 Å². The third-order valence-electron chi connectivity index (χ3n) is 5.05. The highest BCUT2D eigenvalue weighted by Crippen LogP contribution is 2.24. The van der Waals surface area contributed by atoms with Crippen LogP contribution in [0.4, 0.5) is 0 Å². The molecule has 1 aliphatic rings. The highest BCUT2D eigenvalue weighted by molar-refractivity contribution is 6.02. The predicted molar refractivity (Wildman–Crippen MR) is 101 cm³/mol. The van der Waals surface area contributed by atoms with E-state index in [-0.39, 0.29) is 17.7 Å². The molecule has 7 heteroatoms. The van der Waals surface area contributed by atoms with Gasteiger partial charge in [0.15, 0.2) is 5.78 Å². The van der Waals surface area contributed by atoms with Crippen LogP contribution in [0, 0.1) is 20.8 Å². The van der Waals surface area contributed by atoms with Crippen molar-refractivity contribution in [2.75, 3.05) is 32.8 Å². The average molecular weight is 373 g/mol. The maximum absolute atomic E-state index is 12.8. The van der Waals surface area contributed by atoms with Crippen molar-refractivity contribution in [3.8, 4) is 0 Å². The number of aromatic amines is 1. The molecule has 0 spiro atoms. The van der Waals surface area contributed by atoms with E-state index in [0.717, 1.165) is 24.6 Å². The zero-order chi connectivity index (χ0) is 19.6. The van der Waals surface area contributed by atoms with Crippen molar-refractivity contribution in [2.24, 2.45) is 0 Å². The van der Waals surface area contributed by atoms with Gasteiger partial charge in [-0.3, -0.25) is 14.5 Å². The number of nitrogens with zero attached hydrogens (tertiary/aromatic N) is 1. The fraction of sp³-hybridized carbons (Fsp3) is 0.500. The molecule has 3 heterocycles. The topological polar surface area (TPSA) is 87.6 Å². The first kappa shape index (κ1) is 19.4. The van der Waals surface area contributed by atoms with Crippen LogP contribution >= 0.6 is 0 Å². The van der Waals surface area contributed by atoms with Gasteiger partial charge in [0.25, 0.3) is 5.91 Å². The molecular formula is C20H27N3O4. The summed E-state index contributed by atoms with van der Waals surface area (Å²) in [6, 6.07) is 3.84. The summed E-state index contributed by atoms with van der Waals surface area (Å²) in [5.74, 6) is 1.42. The molecule has 2 N–H and O–H groups in total. The van der Waals surface area contributed by atoms with Gasteiger partial charge < -0.3 is 19.5 Å². The summed E-state index contributed by atoms with van der Waals surface area (Å²) in [6.45, 7) is 10.3. The summed E-state index contributed by atoms with van der Waals surface area (Å²) in [5.41, 5.74) is 2.42. The number of furan rings is 1. The lowest BCUT2D eigenvalue weighted by Gasteiger charge is -2.33. The van der Waals surface area contributed by atoms with E-state index in [1.165, 1.54) is 6.92 Å². The van der Waals surface area contributed by atoms with Gasteiger partial charge in [-0.25, -0.2) is 0 Å². The van der Waals surface area contributed by atoms with Gasteiger partial charge in [0.1, 0.15) is 11.5 Å². The second-order valence-corrected chi connectivity index (χ2v) is 7.00. The number of amides is 1. The van der Waals surface area contributed by atoms with Crippen molar-refractivity contribution in [3.63, 3.8) is 0 Å². The van der Waals surface area contributed by atoms with E-state index < -0.39 is 0 Å². The minimum Gasteiger partial charge on any atom is -0.465 e. The summed E-state index contributed by atoms with van der Waals surface area (Å²) < 4.78 is 11.3. The summed E-state index contributed by atoms with van der Waals surface area (Å²) >= 11 is 0. The number of ketones is 1. The van der Waals surface area contributed by atoms with Crippen molar-refractivity contribution in [1.29, 1.82) is 0 Å². The molecule has 1 aliphatic heterocycles. The molecule has 0 bridgehead atoms. The summed E-state index contributed by atoms with van der Waals surface area (Å²) in [7, 11) is 0. The lowest BCUT2D eigenvalue weighted by molar-refractivity contribution is 0.0117. The minimum atomic E-state index is -0.185. The van der Waals surface area contributed by atoms with E-state index >= 15 is 0 Å². The number of aryl methyl sites for hydroxylation is 2. The first-order valence-electron chi connectivity index (χ1n) is 9.25. The van der Waals surface area contributed by atoms with Crippen LogP contribution in [0.15, 0.2) is 16.5 Å². The third kappa shape index (κ3) is 4.14. The molecule has 7 nitrogen and oxygen atoms in total. The highest BCUT2D eigenvalue weighted by Gasteiger charge is 2.27. The number of nitrogens with one attached hydrogen (secondary N) is 2. The Labute approximate surface area is 159 Å². The number of hydrogen-bond donors (Lipinski definition) is 2. The Balaban J connectivity index is 1.77. The van der Waals surface area contributed by atoms with E-state index in [4.69, 9.17) is 9.15 Å². The Bertz CT molecular complexity index is 830. The molecule has 1 fully saturated rings. The number of H-pyrrole nitrogens is 1. The van der Waals surface area contributed by atoms with E-state index in [0.29, 0.717) is 42.3 Å². The number of carbonyl (C=O) groups is 2. The molecule has 146 valence electrons. The molecule has 0 aliphatic carbocycles. The van der Waals surface area contributed by atoms with Crippen LogP contribution in [0.25, 0.3) is 0 Å². The second kappa shape index (κ2) is 8.10. The lowest BCUT2D eigenvalue weighted by atomic mass is 10.1. The molecule has 2 aromatic heterocycles. The standard InChI is InChI=1S/C20H27N3O4/c1-12-5-6-17(27-12)16(23-7-9-26-10-8-23)11-21-20(25)18-13(2)19(15(4)24)22-14(18)3/h5-6,16,22H,7-11H2,1-4H3,(H,21,25). The molecule has 0 saturated carbocycles. The van der Waals surface area contributed by atoms with Crippen molar-refractivity contribution in [3.05, 3.63) is 46.2 Å². The quantitative estimate of drug-likeness (QED) is 0.760. The van der Waals surface area contributed by atoms with Gasteiger partial charge in [-0.15, -0.1) is 0 Å². The van der Waals surface area contributed by atoms with Crippen LogP contribution in [-0.2, 0) is 4.74 Å². The number of ether oxygens (including phenoxy) is 1. The third-order valence-corrected chi connectivity index (χ3v) is 5.05. The summed E-state index contributed by atoms with van der Waals surface area (Å²) in [4.78, 5) is 29.8. The number of carbonyl (C=O) groups excluding carboxylic acids is 2. The van der Waals surface area contributed by atoms with Gasteiger partial charge in [0.2, 0.25) is 0 Å². The number of aromatic nitrogens is 1. The van der Waals surface area contributed by atoms with E-state index in [2.05, 4.69) is 15.2 Å². The predicted octanol–water partition coefficient (Wildman–Crippen LogP) is 2.54. The van der Waals surface area contributed by atoms with Crippen molar-refractivity contribution in [1.82, 2.24) is 15.2 Å². The van der Waals surface area contributed by atoms with Crippen molar-refractivity contribution < 1.29 is 18.7 Å². The lowest BCUT2D eigenvalue weighted by Crippen LogP contribution is -2.43. The zero-order valence-corrected chi connectivity index (χ0v) is 16.3. The van der Waals surface area contributed by atoms with Crippen LogP contribution in [0.2, 0.25) is 0 Å². The van der Waals surface area contributed by atoms with Crippen LogP contribution in [0.1, 0.15) is 56.6 Å². The maximum Gasteiger partial charge on any atom is 0.253 e. The number of hydrogen-bond acceptors (Lipinski definition) is 5. The van der Waals surface area contributed by atoms with Crippen LogP contribution < -0.4 is 5.32 Å². The fourth-order valence-corrected chi connectivity index (χ4v) is 3.65. The number of Topliss-reactive ketones (excluding diaryl/α,β-unsaturated/α-hetero) is 1. The van der Waals surface area contributed by atoms with Gasteiger partial charge >= 0.3 is 0 Å². The first-order valence-corrected chi connectivity index (χ1v) is 9.25. The minimum absolute atomic E-state index is 0.0571. The zero-order valence-electron chi connectivity index (χ0n) is 16.3. The van der Waals surface area contributed by atoms with Crippen LogP contribution in [0.5, 0.6) is 0 Å². The molecule has 0 radical (unpaired) electrons. The van der Waals surface area contributed by atoms with Crippen LogP contribution in [0.3, 0.4) is 0 Å². The molecule has 1 saturated heterocycles. The number of rotatable bonds is 6. The van der Waals surface area contributed by atoms with E-state index in [9.17, 15) is 9.59 Å². The molecule has 27 heavy (non-hydrogen) atoms. The summed E-state index contributed by atoms with van der Waals surface area (Å²) in [5, 5.41) is 3.03. The SMILES string of the molecule is CC(=O)c1[nH]c(C)c(C(=O)NCC(c2ccc(C)o2)N2CCOCC2)c1C. The van der Waals surface area contributed by atoms with Crippen molar-refractivity contribution in [2.45, 2.75) is 33.7 Å². The molecule has 1 amide bonds. The van der Waals surface area contributed by atoms with Gasteiger partial charge in [-0.05, 0) is 38.5 Å². The van der Waals surface area contributed by atoms with Gasteiger partial charge in [0.05, 0.1) is 30.5 Å². The Kier molecular flexibility index (Phi) is 5.82. The van der Waals surface area contributed by atoms with Crippen LogP contribution in [-0.4, -0.2) is 54.4 Å². The number of morpholine rings is 1. The Hall–Kier alpha value is -2.38. The molecule has 3 rings (SSSR count). The summed E-state index contributed by atoms with van der Waals surface area (Å²) in [6.07, 6.45) is 0. The monoisotopic (exact) mass is 373 g/mol. The molecule has 2 aromatic rings. The van der Waals surface area contributed by atoms with Gasteiger partial charge in [0, 0.05) is 32.3 Å². The highest BCUT2D eigenvalue weighted by atomic mass is 16.5. The molecule has 1 atom stereocenters. The van der Waals surface area contributed by atoms with E-state index in [1.807, 2.05) is 26.0 Å². The maximum atomic E-state index is 12.8. The van der Waals surface area contributed by atoms with Gasteiger partial charge in [-0.1, -0.05) is 0 Å². The fourth-order valence-electron chi connectivity index (χ4n) is 3.65. The first-order chi connectivity index (χ1) is 12.9. The Morgan fingerprint density at radius 3 is 2.48 bits per heavy atom.